The summed E-state index contributed by atoms with van der Waals surface area (Å²) in [5, 5.41) is 2.25. The molecule has 1 aromatic carbocycles. The number of rotatable bonds is 6. The molecule has 0 saturated carbocycles. The molecule has 5 nitrogen and oxygen atoms in total. The van der Waals surface area contributed by atoms with E-state index in [9.17, 15) is 0 Å². The van der Waals surface area contributed by atoms with Crippen molar-refractivity contribution in [3.63, 3.8) is 0 Å². The van der Waals surface area contributed by atoms with Crippen molar-refractivity contribution in [2.45, 2.75) is 6.42 Å². The van der Waals surface area contributed by atoms with Crippen LogP contribution in [0.5, 0.6) is 5.75 Å². The topological polar surface area (TPSA) is 41.5 Å². The Kier molecular flexibility index (Phi) is 11.1. The summed E-state index contributed by atoms with van der Waals surface area (Å²) in [5.74, 6) is 2.03. The monoisotopic (exact) mass is 456 g/mol. The van der Waals surface area contributed by atoms with E-state index in [-0.39, 0.29) is 37.2 Å². The highest BCUT2D eigenvalue weighted by Crippen LogP contribution is 2.24. The fraction of sp³-hybridized carbons (Fsp3) is 0.333. The van der Waals surface area contributed by atoms with Crippen LogP contribution in [0.2, 0.25) is 0 Å². The van der Waals surface area contributed by atoms with Gasteiger partial charge in [0.1, 0.15) is 11.6 Å². The number of hydrogen-bond donors (Lipinski definition) is 0. The Balaban J connectivity index is 0.00000140. The number of fused-ring (bicyclic) bond motifs is 1. The van der Waals surface area contributed by atoms with E-state index in [0.29, 0.717) is 0 Å². The molecule has 0 spiro atoms. The van der Waals surface area contributed by atoms with Gasteiger partial charge in [0.25, 0.3) is 0 Å². The minimum Gasteiger partial charge on any atom is -0.493 e. The van der Waals surface area contributed by atoms with Gasteiger partial charge in [0, 0.05) is 62.1 Å². The number of halogens is 3. The maximum Gasteiger partial charge on any atom is 0.128 e. The number of aromatic nitrogens is 2. The molecule has 8 heteroatoms. The van der Waals surface area contributed by atoms with E-state index < -0.39 is 0 Å². The minimum atomic E-state index is 0. The Bertz CT molecular complexity index is 840. The van der Waals surface area contributed by atoms with Gasteiger partial charge in [-0.2, -0.15) is 0 Å². The molecular formula is C21H27Cl3N4O. The van der Waals surface area contributed by atoms with E-state index in [0.717, 1.165) is 68.1 Å². The molecular weight excluding hydrogens is 431 g/mol. The van der Waals surface area contributed by atoms with Gasteiger partial charge in [0.2, 0.25) is 0 Å². The van der Waals surface area contributed by atoms with Gasteiger partial charge in [-0.15, -0.1) is 37.2 Å². The Morgan fingerprint density at radius 1 is 0.862 bits per heavy atom. The highest BCUT2D eigenvalue weighted by Gasteiger charge is 2.17. The fourth-order valence-corrected chi connectivity index (χ4v) is 3.43. The van der Waals surface area contributed by atoms with Gasteiger partial charge in [-0.1, -0.05) is 18.2 Å². The molecule has 158 valence electrons. The van der Waals surface area contributed by atoms with E-state index in [2.05, 4.69) is 38.0 Å². The zero-order chi connectivity index (χ0) is 17.6. The summed E-state index contributed by atoms with van der Waals surface area (Å²) >= 11 is 0. The van der Waals surface area contributed by atoms with Crippen molar-refractivity contribution in [2.24, 2.45) is 0 Å². The maximum absolute atomic E-state index is 6.03. The number of pyridine rings is 2. The third kappa shape index (κ3) is 6.61. The third-order valence-electron chi connectivity index (χ3n) is 4.86. The van der Waals surface area contributed by atoms with Crippen molar-refractivity contribution >= 4 is 53.8 Å². The molecule has 1 saturated heterocycles. The molecule has 0 unspecified atom stereocenters. The lowest BCUT2D eigenvalue weighted by Gasteiger charge is -2.35. The summed E-state index contributed by atoms with van der Waals surface area (Å²) in [6, 6.07) is 14.2. The molecule has 1 aliphatic heterocycles. The highest BCUT2D eigenvalue weighted by atomic mass is 35.5. The summed E-state index contributed by atoms with van der Waals surface area (Å²) in [5.41, 5.74) is 0. The first-order valence-electron chi connectivity index (χ1n) is 9.24. The van der Waals surface area contributed by atoms with Gasteiger partial charge in [-0.05, 0) is 30.7 Å². The predicted octanol–water partition coefficient (Wildman–Crippen LogP) is 4.49. The molecule has 0 atom stereocenters. The summed E-state index contributed by atoms with van der Waals surface area (Å²) in [6.07, 6.45) is 6.59. The van der Waals surface area contributed by atoms with Crippen LogP contribution in [0.1, 0.15) is 6.42 Å². The molecule has 1 fully saturated rings. The first kappa shape index (κ1) is 25.2. The van der Waals surface area contributed by atoms with Crippen LogP contribution in [-0.4, -0.2) is 54.2 Å². The summed E-state index contributed by atoms with van der Waals surface area (Å²) < 4.78 is 6.03. The molecule has 3 aromatic rings. The van der Waals surface area contributed by atoms with Gasteiger partial charge in [-0.3, -0.25) is 9.88 Å². The quantitative estimate of drug-likeness (QED) is 0.510. The lowest BCUT2D eigenvalue weighted by molar-refractivity contribution is 0.225. The average molecular weight is 458 g/mol. The molecule has 0 aliphatic carbocycles. The van der Waals surface area contributed by atoms with E-state index >= 15 is 0 Å². The van der Waals surface area contributed by atoms with E-state index in [1.807, 2.05) is 42.9 Å². The van der Waals surface area contributed by atoms with Crippen molar-refractivity contribution < 1.29 is 4.74 Å². The van der Waals surface area contributed by atoms with Crippen LogP contribution in [-0.2, 0) is 0 Å². The van der Waals surface area contributed by atoms with Crippen molar-refractivity contribution in [1.29, 1.82) is 0 Å². The molecule has 1 aliphatic rings. The molecule has 2 aromatic heterocycles. The Morgan fingerprint density at radius 2 is 1.69 bits per heavy atom. The van der Waals surface area contributed by atoms with E-state index in [1.165, 1.54) is 0 Å². The largest absolute Gasteiger partial charge is 0.493 e. The number of anilines is 1. The lowest BCUT2D eigenvalue weighted by atomic mass is 10.1. The average Bonchev–Trinajstić information content (AvgIpc) is 2.72. The molecule has 0 radical (unpaired) electrons. The number of ether oxygens (including phenoxy) is 1. The van der Waals surface area contributed by atoms with Crippen LogP contribution in [0.4, 0.5) is 5.82 Å². The van der Waals surface area contributed by atoms with E-state index in [1.54, 1.807) is 0 Å². The second-order valence-corrected chi connectivity index (χ2v) is 6.57. The van der Waals surface area contributed by atoms with Crippen LogP contribution in [0.25, 0.3) is 10.8 Å². The molecule has 4 rings (SSSR count). The molecule has 0 amide bonds. The molecule has 0 bridgehead atoms. The zero-order valence-corrected chi connectivity index (χ0v) is 18.6. The summed E-state index contributed by atoms with van der Waals surface area (Å²) in [4.78, 5) is 13.5. The second-order valence-electron chi connectivity index (χ2n) is 6.57. The minimum absolute atomic E-state index is 0. The lowest BCUT2D eigenvalue weighted by Crippen LogP contribution is -2.47. The number of hydrogen-bond acceptors (Lipinski definition) is 5. The summed E-state index contributed by atoms with van der Waals surface area (Å²) in [6.45, 7) is 6.04. The first-order chi connectivity index (χ1) is 12.9. The molecule has 0 N–H and O–H groups in total. The highest BCUT2D eigenvalue weighted by molar-refractivity contribution is 5.87. The second kappa shape index (κ2) is 12.7. The Morgan fingerprint density at radius 3 is 2.45 bits per heavy atom. The first-order valence-corrected chi connectivity index (χ1v) is 9.24. The van der Waals surface area contributed by atoms with Gasteiger partial charge in [-0.25, -0.2) is 4.98 Å². The number of nitrogens with zero attached hydrogens (tertiary/aromatic N) is 4. The van der Waals surface area contributed by atoms with Gasteiger partial charge in [0.15, 0.2) is 0 Å². The maximum atomic E-state index is 6.03. The number of benzene rings is 1. The van der Waals surface area contributed by atoms with Crippen LogP contribution < -0.4 is 9.64 Å². The van der Waals surface area contributed by atoms with Crippen molar-refractivity contribution in [2.75, 3.05) is 44.2 Å². The van der Waals surface area contributed by atoms with Crippen molar-refractivity contribution in [3.8, 4) is 5.75 Å². The Labute approximate surface area is 190 Å². The Hall–Kier alpha value is -1.79. The normalized spacial score (nSPS) is 13.7. The van der Waals surface area contributed by atoms with Crippen molar-refractivity contribution in [1.82, 2.24) is 14.9 Å². The zero-order valence-electron chi connectivity index (χ0n) is 16.1. The molecule has 3 heterocycles. The summed E-state index contributed by atoms with van der Waals surface area (Å²) in [7, 11) is 0. The van der Waals surface area contributed by atoms with E-state index in [4.69, 9.17) is 4.74 Å². The third-order valence-corrected chi connectivity index (χ3v) is 4.86. The van der Waals surface area contributed by atoms with Crippen molar-refractivity contribution in [3.05, 3.63) is 61.1 Å². The standard InChI is InChI=1S/C21H24N4O.3ClH/c1-2-9-23-21(7-1)25-14-12-24(13-15-25)11-4-16-26-20-6-3-5-18-17-22-10-8-19(18)20;;;/h1-3,5-10,17H,4,11-16H2;3*1H. The van der Waals surface area contributed by atoms with Crippen LogP contribution in [0, 0.1) is 0 Å². The fourth-order valence-electron chi connectivity index (χ4n) is 3.43. The van der Waals surface area contributed by atoms with Crippen LogP contribution in [0.3, 0.4) is 0 Å². The molecule has 29 heavy (non-hydrogen) atoms. The number of piperazine rings is 1. The smallest absolute Gasteiger partial charge is 0.128 e. The van der Waals surface area contributed by atoms with Gasteiger partial charge >= 0.3 is 0 Å². The van der Waals surface area contributed by atoms with Gasteiger partial charge in [0.05, 0.1) is 6.61 Å². The van der Waals surface area contributed by atoms with Crippen LogP contribution in [0.15, 0.2) is 61.1 Å². The van der Waals surface area contributed by atoms with Crippen LogP contribution >= 0.6 is 37.2 Å². The van der Waals surface area contributed by atoms with Gasteiger partial charge < -0.3 is 9.64 Å². The SMILES string of the molecule is Cl.Cl.Cl.c1ccc(N2CCN(CCCOc3cccc4cnccc34)CC2)nc1. The predicted molar refractivity (Wildman–Crippen MR) is 126 cm³/mol.